The van der Waals surface area contributed by atoms with E-state index in [1.54, 1.807) is 17.2 Å². The fraction of sp³-hybridized carbons (Fsp3) is 0.294. The Balaban J connectivity index is 2.13. The van der Waals surface area contributed by atoms with Crippen molar-refractivity contribution in [1.82, 2.24) is 9.88 Å². The maximum atomic E-state index is 12.2. The van der Waals surface area contributed by atoms with Crippen molar-refractivity contribution in [2.45, 2.75) is 20.8 Å². The molecular weight excluding hydrogens is 298 g/mol. The summed E-state index contributed by atoms with van der Waals surface area (Å²) >= 11 is 5.95. The molecule has 0 atom stereocenters. The predicted octanol–water partition coefficient (Wildman–Crippen LogP) is 4.27. The molecule has 0 fully saturated rings. The topological polar surface area (TPSA) is 45.2 Å². The molecule has 116 valence electrons. The number of hydrogen-bond donors (Lipinski definition) is 1. The fourth-order valence-electron chi connectivity index (χ4n) is 2.19. The van der Waals surface area contributed by atoms with Gasteiger partial charge in [0, 0.05) is 23.8 Å². The number of anilines is 2. The average Bonchev–Trinajstić information content (AvgIpc) is 2.52. The number of aryl methyl sites for hydroxylation is 1. The first-order chi connectivity index (χ1) is 10.5. The third-order valence-corrected chi connectivity index (χ3v) is 3.74. The van der Waals surface area contributed by atoms with E-state index in [2.05, 4.69) is 10.3 Å². The molecule has 0 unspecified atom stereocenters. The predicted molar refractivity (Wildman–Crippen MR) is 91.0 cm³/mol. The number of pyridine rings is 1. The van der Waals surface area contributed by atoms with E-state index in [-0.39, 0.29) is 5.91 Å². The van der Waals surface area contributed by atoms with E-state index in [1.807, 2.05) is 45.0 Å². The lowest BCUT2D eigenvalue weighted by molar-refractivity contribution is 0.0767. The zero-order chi connectivity index (χ0) is 16.1. The highest BCUT2D eigenvalue weighted by molar-refractivity contribution is 6.30. The van der Waals surface area contributed by atoms with Gasteiger partial charge in [-0.2, -0.15) is 0 Å². The monoisotopic (exact) mass is 317 g/mol. The Bertz CT molecular complexity index is 651. The molecule has 0 aliphatic carbocycles. The molecule has 1 N–H and O–H groups in total. The number of amides is 1. The Morgan fingerprint density at radius 1 is 1.23 bits per heavy atom. The molecule has 22 heavy (non-hydrogen) atoms. The van der Waals surface area contributed by atoms with Crippen LogP contribution in [0, 0.1) is 6.92 Å². The van der Waals surface area contributed by atoms with E-state index in [9.17, 15) is 4.79 Å². The van der Waals surface area contributed by atoms with Crippen LogP contribution in [0.4, 0.5) is 11.4 Å². The van der Waals surface area contributed by atoms with Crippen LogP contribution in [-0.4, -0.2) is 28.9 Å². The molecule has 0 radical (unpaired) electrons. The minimum Gasteiger partial charge on any atom is -0.354 e. The second-order valence-corrected chi connectivity index (χ2v) is 5.43. The maximum absolute atomic E-state index is 12.2. The molecule has 0 saturated heterocycles. The highest BCUT2D eigenvalue weighted by Crippen LogP contribution is 2.23. The van der Waals surface area contributed by atoms with Crippen LogP contribution >= 0.6 is 11.6 Å². The molecule has 1 aromatic heterocycles. The first-order valence-electron chi connectivity index (χ1n) is 7.33. The molecule has 0 bridgehead atoms. The third kappa shape index (κ3) is 3.77. The molecule has 4 nitrogen and oxygen atoms in total. The third-order valence-electron chi connectivity index (χ3n) is 3.50. The minimum atomic E-state index is -0.0424. The summed E-state index contributed by atoms with van der Waals surface area (Å²) in [7, 11) is 0. The number of carbonyl (C=O) groups excluding carboxylic acids is 1. The largest absolute Gasteiger partial charge is 0.354 e. The van der Waals surface area contributed by atoms with Crippen molar-refractivity contribution in [3.05, 3.63) is 52.8 Å². The lowest BCUT2D eigenvalue weighted by Gasteiger charge is -2.18. The Hall–Kier alpha value is -2.07. The van der Waals surface area contributed by atoms with Crippen molar-refractivity contribution in [3.63, 3.8) is 0 Å². The molecule has 0 saturated carbocycles. The number of nitrogens with one attached hydrogen (secondary N) is 1. The van der Waals surface area contributed by atoms with Crippen LogP contribution in [-0.2, 0) is 0 Å². The van der Waals surface area contributed by atoms with Gasteiger partial charge in [-0.25, -0.2) is 4.98 Å². The normalized spacial score (nSPS) is 10.4. The summed E-state index contributed by atoms with van der Waals surface area (Å²) in [6.45, 7) is 7.27. The smallest absolute Gasteiger partial charge is 0.272 e. The number of carbonyl (C=O) groups is 1. The van der Waals surface area contributed by atoms with E-state index >= 15 is 0 Å². The van der Waals surface area contributed by atoms with E-state index < -0.39 is 0 Å². The Labute approximate surface area is 136 Å². The lowest BCUT2D eigenvalue weighted by atomic mass is 10.2. The number of rotatable bonds is 5. The van der Waals surface area contributed by atoms with Gasteiger partial charge in [0.15, 0.2) is 0 Å². The van der Waals surface area contributed by atoms with Gasteiger partial charge >= 0.3 is 0 Å². The summed E-state index contributed by atoms with van der Waals surface area (Å²) in [4.78, 5) is 18.2. The molecule has 2 aromatic rings. The molecule has 1 aromatic carbocycles. The molecule has 1 heterocycles. The second kappa shape index (κ2) is 7.27. The van der Waals surface area contributed by atoms with Crippen molar-refractivity contribution >= 4 is 28.9 Å². The van der Waals surface area contributed by atoms with Gasteiger partial charge in [0.05, 0.1) is 11.9 Å². The summed E-state index contributed by atoms with van der Waals surface area (Å²) in [6.07, 6.45) is 1.67. The molecule has 2 rings (SSSR count). The zero-order valence-electron chi connectivity index (χ0n) is 13.1. The minimum absolute atomic E-state index is 0.0424. The van der Waals surface area contributed by atoms with Crippen molar-refractivity contribution in [2.24, 2.45) is 0 Å². The quantitative estimate of drug-likeness (QED) is 0.895. The summed E-state index contributed by atoms with van der Waals surface area (Å²) in [5.41, 5.74) is 3.31. The van der Waals surface area contributed by atoms with E-state index in [1.165, 1.54) is 0 Å². The van der Waals surface area contributed by atoms with Gasteiger partial charge in [0.25, 0.3) is 5.91 Å². The Morgan fingerprint density at radius 2 is 1.95 bits per heavy atom. The van der Waals surface area contributed by atoms with Crippen LogP contribution in [0.1, 0.15) is 29.9 Å². The lowest BCUT2D eigenvalue weighted by Crippen LogP contribution is -2.31. The molecule has 0 spiro atoms. The molecule has 0 aliphatic rings. The summed E-state index contributed by atoms with van der Waals surface area (Å²) in [5, 5.41) is 3.99. The van der Waals surface area contributed by atoms with Gasteiger partial charge in [-0.05, 0) is 56.7 Å². The SMILES string of the molecule is CCN(CC)C(=O)c1ccc(Nc2ccc(Cl)cc2C)cn1. The molecular formula is C17H20ClN3O. The maximum Gasteiger partial charge on any atom is 0.272 e. The van der Waals surface area contributed by atoms with Crippen molar-refractivity contribution < 1.29 is 4.79 Å². The number of nitrogens with zero attached hydrogens (tertiary/aromatic N) is 2. The zero-order valence-corrected chi connectivity index (χ0v) is 13.8. The van der Waals surface area contributed by atoms with Crippen molar-refractivity contribution in [2.75, 3.05) is 18.4 Å². The first-order valence-corrected chi connectivity index (χ1v) is 7.71. The Morgan fingerprint density at radius 3 is 2.50 bits per heavy atom. The van der Waals surface area contributed by atoms with Crippen LogP contribution < -0.4 is 5.32 Å². The van der Waals surface area contributed by atoms with Gasteiger partial charge in [-0.1, -0.05) is 11.6 Å². The van der Waals surface area contributed by atoms with Crippen LogP contribution in [0.3, 0.4) is 0 Å². The summed E-state index contributed by atoms with van der Waals surface area (Å²) < 4.78 is 0. The van der Waals surface area contributed by atoms with Gasteiger partial charge in [0.2, 0.25) is 0 Å². The van der Waals surface area contributed by atoms with E-state index in [4.69, 9.17) is 11.6 Å². The van der Waals surface area contributed by atoms with Crippen LogP contribution in [0.5, 0.6) is 0 Å². The van der Waals surface area contributed by atoms with Gasteiger partial charge < -0.3 is 10.2 Å². The summed E-state index contributed by atoms with van der Waals surface area (Å²) in [5.74, 6) is -0.0424. The van der Waals surface area contributed by atoms with Crippen LogP contribution in [0.15, 0.2) is 36.5 Å². The second-order valence-electron chi connectivity index (χ2n) is 4.99. The highest BCUT2D eigenvalue weighted by Gasteiger charge is 2.13. The average molecular weight is 318 g/mol. The van der Waals surface area contributed by atoms with Crippen molar-refractivity contribution in [3.8, 4) is 0 Å². The van der Waals surface area contributed by atoms with Gasteiger partial charge in [0.1, 0.15) is 5.69 Å². The first kappa shape index (κ1) is 16.3. The molecule has 1 amide bonds. The van der Waals surface area contributed by atoms with E-state index in [0.717, 1.165) is 16.9 Å². The number of halogens is 1. The molecule has 5 heteroatoms. The Kier molecular flexibility index (Phi) is 5.39. The van der Waals surface area contributed by atoms with Crippen LogP contribution in [0.25, 0.3) is 0 Å². The standard InChI is InChI=1S/C17H20ClN3O/c1-4-21(5-2)17(22)16-9-7-14(11-19-16)20-15-8-6-13(18)10-12(15)3/h6-11,20H,4-5H2,1-3H3. The highest BCUT2D eigenvalue weighted by atomic mass is 35.5. The van der Waals surface area contributed by atoms with E-state index in [0.29, 0.717) is 23.8 Å². The number of aromatic nitrogens is 1. The van der Waals surface area contributed by atoms with Gasteiger partial charge in [-0.3, -0.25) is 4.79 Å². The number of benzene rings is 1. The summed E-state index contributed by atoms with van der Waals surface area (Å²) in [6, 6.07) is 9.26. The molecule has 0 aliphatic heterocycles. The number of hydrogen-bond acceptors (Lipinski definition) is 3. The van der Waals surface area contributed by atoms with Gasteiger partial charge in [-0.15, -0.1) is 0 Å². The van der Waals surface area contributed by atoms with Crippen molar-refractivity contribution in [1.29, 1.82) is 0 Å². The fourth-order valence-corrected chi connectivity index (χ4v) is 2.42. The van der Waals surface area contributed by atoms with Crippen LogP contribution in [0.2, 0.25) is 5.02 Å².